The van der Waals surface area contributed by atoms with Crippen molar-refractivity contribution in [2.24, 2.45) is 5.92 Å². The average Bonchev–Trinajstić information content (AvgIpc) is 2.62. The first-order valence-corrected chi connectivity index (χ1v) is 12.0. The Hall–Kier alpha value is -2.77. The molecule has 1 aliphatic rings. The van der Waals surface area contributed by atoms with Gasteiger partial charge in [0.2, 0.25) is 11.8 Å². The van der Waals surface area contributed by atoms with Crippen molar-refractivity contribution in [2.45, 2.75) is 104 Å². The van der Waals surface area contributed by atoms with Crippen molar-refractivity contribution in [3.05, 3.63) is 29.8 Å². The normalized spacial score (nSPS) is 16.3. The molecule has 0 saturated heterocycles. The number of amides is 3. The number of aromatic hydroxyl groups is 1. The van der Waals surface area contributed by atoms with Crippen molar-refractivity contribution in [1.29, 1.82) is 0 Å². The van der Waals surface area contributed by atoms with E-state index in [1.807, 2.05) is 34.6 Å². The van der Waals surface area contributed by atoms with Crippen LogP contribution in [-0.2, 0) is 14.3 Å². The molecule has 1 aromatic rings. The van der Waals surface area contributed by atoms with E-state index in [4.69, 9.17) is 4.74 Å². The van der Waals surface area contributed by atoms with Gasteiger partial charge in [0.25, 0.3) is 0 Å². The Morgan fingerprint density at radius 2 is 1.65 bits per heavy atom. The summed E-state index contributed by atoms with van der Waals surface area (Å²) < 4.78 is 5.39. The molecular formula is C26H41N3O5. The summed E-state index contributed by atoms with van der Waals surface area (Å²) >= 11 is 0. The molecule has 0 aromatic heterocycles. The zero-order chi connectivity index (χ0) is 25.8. The van der Waals surface area contributed by atoms with Crippen LogP contribution in [0.3, 0.4) is 0 Å². The fraction of sp³-hybridized carbons (Fsp3) is 0.654. The molecule has 1 fully saturated rings. The molecule has 2 atom stereocenters. The van der Waals surface area contributed by atoms with Gasteiger partial charge in [0.15, 0.2) is 0 Å². The number of carbonyl (C=O) groups excluding carboxylic acids is 3. The Labute approximate surface area is 203 Å². The molecule has 8 nitrogen and oxygen atoms in total. The monoisotopic (exact) mass is 475 g/mol. The highest BCUT2D eigenvalue weighted by atomic mass is 16.6. The van der Waals surface area contributed by atoms with Crippen LogP contribution in [0.4, 0.5) is 4.79 Å². The van der Waals surface area contributed by atoms with E-state index in [-0.39, 0.29) is 29.5 Å². The molecule has 34 heavy (non-hydrogen) atoms. The first-order valence-electron chi connectivity index (χ1n) is 12.0. The van der Waals surface area contributed by atoms with Gasteiger partial charge in [-0.15, -0.1) is 0 Å². The molecule has 0 aliphatic heterocycles. The van der Waals surface area contributed by atoms with Crippen LogP contribution in [0.1, 0.15) is 86.3 Å². The number of phenols is 1. The number of alkyl carbamates (subject to hydrolysis) is 1. The second-order valence-electron chi connectivity index (χ2n) is 11.4. The van der Waals surface area contributed by atoms with E-state index >= 15 is 0 Å². The zero-order valence-electron chi connectivity index (χ0n) is 21.8. The minimum atomic E-state index is -1.04. The smallest absolute Gasteiger partial charge is 0.408 e. The van der Waals surface area contributed by atoms with Gasteiger partial charge in [-0.05, 0) is 72.8 Å². The Bertz CT molecular complexity index is 881. The first-order chi connectivity index (χ1) is 15.6. The van der Waals surface area contributed by atoms with Gasteiger partial charge < -0.3 is 25.4 Å². The molecule has 0 heterocycles. The molecular weight excluding hydrogens is 434 g/mol. The highest BCUT2D eigenvalue weighted by Gasteiger charge is 2.44. The second-order valence-corrected chi connectivity index (χ2v) is 11.4. The lowest BCUT2D eigenvalue weighted by Gasteiger charge is -2.44. The summed E-state index contributed by atoms with van der Waals surface area (Å²) in [6.45, 7) is 14.5. The molecule has 2 unspecified atom stereocenters. The van der Waals surface area contributed by atoms with Crippen LogP contribution in [0.5, 0.6) is 5.75 Å². The third-order valence-electron chi connectivity index (χ3n) is 5.58. The molecule has 1 aliphatic carbocycles. The quantitative estimate of drug-likeness (QED) is 0.546. The summed E-state index contributed by atoms with van der Waals surface area (Å²) in [5.74, 6) is -1.06. The van der Waals surface area contributed by atoms with Gasteiger partial charge in [0, 0.05) is 17.1 Å². The minimum Gasteiger partial charge on any atom is -0.508 e. The number of benzene rings is 1. The van der Waals surface area contributed by atoms with Crippen molar-refractivity contribution < 1.29 is 24.2 Å². The predicted octanol–water partition coefficient (Wildman–Crippen LogP) is 4.28. The Morgan fingerprint density at radius 1 is 1.06 bits per heavy atom. The number of nitrogens with zero attached hydrogens (tertiary/aromatic N) is 1. The van der Waals surface area contributed by atoms with Crippen molar-refractivity contribution >= 4 is 17.9 Å². The minimum absolute atomic E-state index is 0.0603. The van der Waals surface area contributed by atoms with Gasteiger partial charge in [-0.3, -0.25) is 9.59 Å². The van der Waals surface area contributed by atoms with Crippen molar-refractivity contribution in [2.75, 3.05) is 0 Å². The van der Waals surface area contributed by atoms with Crippen molar-refractivity contribution in [3.8, 4) is 5.75 Å². The van der Waals surface area contributed by atoms with E-state index in [0.29, 0.717) is 5.56 Å². The molecule has 190 valence electrons. The molecule has 8 heteroatoms. The third-order valence-corrected chi connectivity index (χ3v) is 5.58. The Balaban J connectivity index is 2.51. The summed E-state index contributed by atoms with van der Waals surface area (Å²) in [7, 11) is 0. The van der Waals surface area contributed by atoms with Crippen molar-refractivity contribution in [3.63, 3.8) is 0 Å². The van der Waals surface area contributed by atoms with Crippen LogP contribution >= 0.6 is 0 Å². The SMILES string of the molecule is CC(C)C(NC(=O)OC(C)(C)C)C(=O)N(C1CCC1)C(C(=O)NC(C)(C)C)c1ccccc1O. The summed E-state index contributed by atoms with van der Waals surface area (Å²) in [5, 5.41) is 16.3. The van der Waals surface area contributed by atoms with Crippen molar-refractivity contribution in [1.82, 2.24) is 15.5 Å². The number of nitrogens with one attached hydrogen (secondary N) is 2. The second kappa shape index (κ2) is 10.7. The van der Waals surface area contributed by atoms with Crippen LogP contribution in [-0.4, -0.2) is 51.1 Å². The van der Waals surface area contributed by atoms with Crippen LogP contribution in [0.2, 0.25) is 0 Å². The molecule has 0 radical (unpaired) electrons. The topological polar surface area (TPSA) is 108 Å². The molecule has 1 aromatic carbocycles. The number of phenolic OH excluding ortho intramolecular Hbond substituents is 1. The van der Waals surface area contributed by atoms with Crippen LogP contribution in [0.15, 0.2) is 24.3 Å². The molecule has 2 rings (SSSR count). The lowest BCUT2D eigenvalue weighted by molar-refractivity contribution is -0.149. The van der Waals surface area contributed by atoms with Gasteiger partial charge in [-0.2, -0.15) is 0 Å². The maximum absolute atomic E-state index is 14.0. The summed E-state index contributed by atoms with van der Waals surface area (Å²) in [6.07, 6.45) is 1.74. The van der Waals surface area contributed by atoms with Gasteiger partial charge in [-0.1, -0.05) is 32.0 Å². The zero-order valence-corrected chi connectivity index (χ0v) is 21.8. The van der Waals surface area contributed by atoms with E-state index in [1.54, 1.807) is 43.9 Å². The van der Waals surface area contributed by atoms with E-state index in [0.717, 1.165) is 19.3 Å². The van der Waals surface area contributed by atoms with E-state index in [2.05, 4.69) is 10.6 Å². The number of rotatable bonds is 7. The number of hydrogen-bond acceptors (Lipinski definition) is 5. The largest absolute Gasteiger partial charge is 0.508 e. The van der Waals surface area contributed by atoms with E-state index < -0.39 is 29.3 Å². The lowest BCUT2D eigenvalue weighted by atomic mass is 9.87. The highest BCUT2D eigenvalue weighted by Crippen LogP contribution is 2.37. The summed E-state index contributed by atoms with van der Waals surface area (Å²) in [4.78, 5) is 41.7. The molecule has 3 amide bonds. The lowest BCUT2D eigenvalue weighted by Crippen LogP contribution is -2.59. The number of hydrogen-bond donors (Lipinski definition) is 3. The number of para-hydroxylation sites is 1. The number of carbonyl (C=O) groups is 3. The Kier molecular flexibility index (Phi) is 8.61. The average molecular weight is 476 g/mol. The maximum atomic E-state index is 14.0. The van der Waals surface area contributed by atoms with Crippen LogP contribution in [0.25, 0.3) is 0 Å². The van der Waals surface area contributed by atoms with Gasteiger partial charge in [0.05, 0.1) is 0 Å². The van der Waals surface area contributed by atoms with Gasteiger partial charge >= 0.3 is 6.09 Å². The van der Waals surface area contributed by atoms with Crippen LogP contribution < -0.4 is 10.6 Å². The third kappa shape index (κ3) is 7.37. The van der Waals surface area contributed by atoms with Gasteiger partial charge in [0.1, 0.15) is 23.4 Å². The Morgan fingerprint density at radius 3 is 2.09 bits per heavy atom. The fourth-order valence-electron chi connectivity index (χ4n) is 3.87. The number of ether oxygens (including phenoxy) is 1. The standard InChI is InChI=1S/C26H41N3O5/c1-16(2)20(27-24(33)34-26(6,7)8)23(32)29(17-12-11-13-17)21(22(31)28-25(3,4)5)18-14-9-10-15-19(18)30/h9-10,14-17,20-21,30H,11-13H2,1-8H3,(H,27,33)(H,28,31). The highest BCUT2D eigenvalue weighted by molar-refractivity contribution is 5.93. The van der Waals surface area contributed by atoms with E-state index in [1.165, 1.54) is 6.07 Å². The summed E-state index contributed by atoms with van der Waals surface area (Å²) in [5.41, 5.74) is -0.905. The molecule has 0 spiro atoms. The molecule has 3 N–H and O–H groups in total. The van der Waals surface area contributed by atoms with Gasteiger partial charge in [-0.25, -0.2) is 4.79 Å². The molecule has 0 bridgehead atoms. The fourth-order valence-corrected chi connectivity index (χ4v) is 3.87. The predicted molar refractivity (Wildman–Crippen MR) is 131 cm³/mol. The maximum Gasteiger partial charge on any atom is 0.408 e. The summed E-state index contributed by atoms with van der Waals surface area (Å²) in [6, 6.07) is 4.46. The molecule has 1 saturated carbocycles. The van der Waals surface area contributed by atoms with Crippen LogP contribution in [0, 0.1) is 5.92 Å². The van der Waals surface area contributed by atoms with E-state index in [9.17, 15) is 19.5 Å². The first kappa shape index (κ1) is 27.5.